The van der Waals surface area contributed by atoms with E-state index in [2.05, 4.69) is 5.32 Å². The molecule has 1 aliphatic carbocycles. The van der Waals surface area contributed by atoms with Crippen molar-refractivity contribution < 1.29 is 19.1 Å². The van der Waals surface area contributed by atoms with Gasteiger partial charge in [0, 0.05) is 28.6 Å². The van der Waals surface area contributed by atoms with Gasteiger partial charge in [0.05, 0.1) is 17.8 Å². The monoisotopic (exact) mass is 418 g/mol. The minimum Gasteiger partial charge on any atom is -0.481 e. The third-order valence-corrected chi connectivity index (χ3v) is 5.51. The van der Waals surface area contributed by atoms with Crippen LogP contribution in [0.4, 0.5) is 5.69 Å². The third-order valence-electron chi connectivity index (χ3n) is 5.51. The van der Waals surface area contributed by atoms with Crippen molar-refractivity contribution in [1.29, 1.82) is 0 Å². The predicted molar refractivity (Wildman–Crippen MR) is 120 cm³/mol. The SMILES string of the molecule is CCOC(=O)COc1cc(-c2ccc(C)cc2)nc2ccc(NC(=O)C3CCC3)cc12. The van der Waals surface area contributed by atoms with Gasteiger partial charge in [0.15, 0.2) is 6.61 Å². The van der Waals surface area contributed by atoms with Gasteiger partial charge in [-0.25, -0.2) is 9.78 Å². The highest BCUT2D eigenvalue weighted by Gasteiger charge is 2.25. The molecule has 6 nitrogen and oxygen atoms in total. The number of aryl methyl sites for hydroxylation is 1. The van der Waals surface area contributed by atoms with Gasteiger partial charge in [0.1, 0.15) is 5.75 Å². The molecule has 0 spiro atoms. The topological polar surface area (TPSA) is 77.5 Å². The predicted octanol–water partition coefficient (Wildman–Crippen LogP) is 4.89. The molecular weight excluding hydrogens is 392 g/mol. The Balaban J connectivity index is 1.69. The molecule has 1 aliphatic rings. The number of carbonyl (C=O) groups excluding carboxylic acids is 2. The van der Waals surface area contributed by atoms with E-state index in [0.717, 1.165) is 47.0 Å². The quantitative estimate of drug-likeness (QED) is 0.553. The number of hydrogen-bond donors (Lipinski definition) is 1. The van der Waals surface area contributed by atoms with E-state index in [1.807, 2.05) is 55.5 Å². The molecule has 2 aromatic carbocycles. The minimum atomic E-state index is -0.432. The van der Waals surface area contributed by atoms with Crippen LogP contribution in [0.1, 0.15) is 31.7 Å². The molecule has 1 saturated carbocycles. The lowest BCUT2D eigenvalue weighted by Crippen LogP contribution is -2.27. The van der Waals surface area contributed by atoms with Gasteiger partial charge in [0.25, 0.3) is 0 Å². The first kappa shape index (κ1) is 20.8. The summed E-state index contributed by atoms with van der Waals surface area (Å²) < 4.78 is 10.8. The van der Waals surface area contributed by atoms with Crippen LogP contribution in [0.25, 0.3) is 22.2 Å². The first-order valence-electron chi connectivity index (χ1n) is 10.6. The molecule has 0 unspecified atom stereocenters. The van der Waals surface area contributed by atoms with E-state index in [9.17, 15) is 9.59 Å². The number of ether oxygens (including phenoxy) is 2. The largest absolute Gasteiger partial charge is 0.481 e. The van der Waals surface area contributed by atoms with Crippen LogP contribution in [0.5, 0.6) is 5.75 Å². The summed E-state index contributed by atoms with van der Waals surface area (Å²) in [7, 11) is 0. The summed E-state index contributed by atoms with van der Waals surface area (Å²) in [6, 6.07) is 15.4. The van der Waals surface area contributed by atoms with Gasteiger partial charge in [-0.1, -0.05) is 36.2 Å². The number of esters is 1. The van der Waals surface area contributed by atoms with Crippen LogP contribution in [0, 0.1) is 12.8 Å². The average molecular weight is 418 g/mol. The number of nitrogens with zero attached hydrogens (tertiary/aromatic N) is 1. The van der Waals surface area contributed by atoms with Crippen molar-refractivity contribution in [3.63, 3.8) is 0 Å². The van der Waals surface area contributed by atoms with Crippen LogP contribution in [-0.4, -0.2) is 30.1 Å². The number of aromatic nitrogens is 1. The molecule has 1 aromatic heterocycles. The lowest BCUT2D eigenvalue weighted by atomic mass is 9.85. The van der Waals surface area contributed by atoms with Gasteiger partial charge < -0.3 is 14.8 Å². The van der Waals surface area contributed by atoms with Crippen molar-refractivity contribution in [3.8, 4) is 17.0 Å². The van der Waals surface area contributed by atoms with E-state index in [1.165, 1.54) is 0 Å². The van der Waals surface area contributed by atoms with Crippen LogP contribution in [0.15, 0.2) is 48.5 Å². The highest BCUT2D eigenvalue weighted by molar-refractivity contribution is 5.97. The molecule has 1 fully saturated rings. The standard InChI is InChI=1S/C25H26N2O4/c1-3-30-24(28)15-31-23-14-22(17-9-7-16(2)8-10-17)27-21-12-11-19(13-20(21)23)26-25(29)18-5-4-6-18/h7-14,18H,3-6,15H2,1-2H3,(H,26,29). The maximum atomic E-state index is 12.4. The lowest BCUT2D eigenvalue weighted by Gasteiger charge is -2.24. The number of nitrogens with one attached hydrogen (secondary N) is 1. The maximum absolute atomic E-state index is 12.4. The summed E-state index contributed by atoms with van der Waals surface area (Å²) in [4.78, 5) is 29.0. The highest BCUT2D eigenvalue weighted by atomic mass is 16.6. The Morgan fingerprint density at radius 3 is 2.55 bits per heavy atom. The maximum Gasteiger partial charge on any atom is 0.344 e. The van der Waals surface area contributed by atoms with Crippen molar-refractivity contribution >= 4 is 28.5 Å². The number of pyridine rings is 1. The number of hydrogen-bond acceptors (Lipinski definition) is 5. The van der Waals surface area contributed by atoms with Crippen molar-refractivity contribution in [3.05, 3.63) is 54.1 Å². The number of benzene rings is 2. The first-order valence-corrected chi connectivity index (χ1v) is 10.6. The second-order valence-electron chi connectivity index (χ2n) is 7.81. The Morgan fingerprint density at radius 1 is 1.10 bits per heavy atom. The van der Waals surface area contributed by atoms with Gasteiger partial charge in [0.2, 0.25) is 5.91 Å². The average Bonchev–Trinajstić information content (AvgIpc) is 2.71. The second-order valence-corrected chi connectivity index (χ2v) is 7.81. The van der Waals surface area contributed by atoms with Crippen molar-refractivity contribution in [2.45, 2.75) is 33.1 Å². The summed E-state index contributed by atoms with van der Waals surface area (Å²) in [5.41, 5.74) is 4.28. The zero-order valence-electron chi connectivity index (χ0n) is 17.8. The Morgan fingerprint density at radius 2 is 1.87 bits per heavy atom. The number of fused-ring (bicyclic) bond motifs is 1. The molecule has 6 heteroatoms. The molecule has 3 aromatic rings. The Kier molecular flexibility index (Phi) is 6.16. The molecule has 1 amide bonds. The summed E-state index contributed by atoms with van der Waals surface area (Å²) in [5, 5.41) is 3.72. The molecule has 160 valence electrons. The van der Waals surface area contributed by atoms with Gasteiger partial charge in [-0.05, 0) is 44.9 Å². The number of rotatable bonds is 7. The molecule has 1 heterocycles. The Hall–Kier alpha value is -3.41. The van der Waals surface area contributed by atoms with E-state index >= 15 is 0 Å². The molecule has 0 saturated heterocycles. The van der Waals surface area contributed by atoms with E-state index < -0.39 is 5.97 Å². The summed E-state index contributed by atoms with van der Waals surface area (Å²) in [5.74, 6) is 0.230. The Labute approximate surface area is 181 Å². The normalized spacial score (nSPS) is 13.5. The van der Waals surface area contributed by atoms with Crippen LogP contribution >= 0.6 is 0 Å². The fraction of sp³-hybridized carbons (Fsp3) is 0.320. The van der Waals surface area contributed by atoms with E-state index in [0.29, 0.717) is 18.0 Å². The van der Waals surface area contributed by atoms with Crippen LogP contribution in [-0.2, 0) is 14.3 Å². The zero-order chi connectivity index (χ0) is 21.8. The second kappa shape index (κ2) is 9.16. The zero-order valence-corrected chi connectivity index (χ0v) is 17.8. The third kappa shape index (κ3) is 4.85. The molecule has 0 radical (unpaired) electrons. The van der Waals surface area contributed by atoms with Crippen LogP contribution in [0.2, 0.25) is 0 Å². The molecule has 0 atom stereocenters. The van der Waals surface area contributed by atoms with Gasteiger partial charge in [-0.2, -0.15) is 0 Å². The van der Waals surface area contributed by atoms with Crippen LogP contribution in [0.3, 0.4) is 0 Å². The van der Waals surface area contributed by atoms with Crippen molar-refractivity contribution in [2.24, 2.45) is 5.92 Å². The van der Waals surface area contributed by atoms with E-state index in [1.54, 1.807) is 6.92 Å². The summed E-state index contributed by atoms with van der Waals surface area (Å²) in [6.07, 6.45) is 2.98. The lowest BCUT2D eigenvalue weighted by molar-refractivity contribution is -0.145. The van der Waals surface area contributed by atoms with Crippen molar-refractivity contribution in [2.75, 3.05) is 18.5 Å². The molecule has 4 rings (SSSR count). The van der Waals surface area contributed by atoms with Crippen molar-refractivity contribution in [1.82, 2.24) is 4.98 Å². The van der Waals surface area contributed by atoms with E-state index in [4.69, 9.17) is 14.5 Å². The molecule has 31 heavy (non-hydrogen) atoms. The molecule has 1 N–H and O–H groups in total. The fourth-order valence-electron chi connectivity index (χ4n) is 3.52. The van der Waals surface area contributed by atoms with E-state index in [-0.39, 0.29) is 18.4 Å². The minimum absolute atomic E-state index is 0.0452. The van der Waals surface area contributed by atoms with Gasteiger partial charge >= 0.3 is 5.97 Å². The molecular formula is C25H26N2O4. The van der Waals surface area contributed by atoms with Crippen LogP contribution < -0.4 is 10.1 Å². The highest BCUT2D eigenvalue weighted by Crippen LogP contribution is 2.33. The number of carbonyl (C=O) groups is 2. The first-order chi connectivity index (χ1) is 15.0. The van der Waals surface area contributed by atoms with Gasteiger partial charge in [-0.15, -0.1) is 0 Å². The summed E-state index contributed by atoms with van der Waals surface area (Å²) in [6.45, 7) is 3.89. The Bertz CT molecular complexity index is 1100. The van der Waals surface area contributed by atoms with Gasteiger partial charge in [-0.3, -0.25) is 4.79 Å². The number of amides is 1. The smallest absolute Gasteiger partial charge is 0.344 e. The number of anilines is 1. The summed E-state index contributed by atoms with van der Waals surface area (Å²) >= 11 is 0. The molecule has 0 aliphatic heterocycles. The molecule has 0 bridgehead atoms. The fourth-order valence-corrected chi connectivity index (χ4v) is 3.52.